The number of para-hydroxylation sites is 2. The van der Waals surface area contributed by atoms with Crippen molar-refractivity contribution in [3.63, 3.8) is 0 Å². The van der Waals surface area contributed by atoms with Crippen molar-refractivity contribution in [3.05, 3.63) is 77.6 Å². The number of carbonyl (C=O) groups excluding carboxylic acids is 2. The molecule has 0 aliphatic rings. The van der Waals surface area contributed by atoms with Crippen molar-refractivity contribution in [1.82, 2.24) is 10.6 Å². The fourth-order valence-electron chi connectivity index (χ4n) is 2.54. The van der Waals surface area contributed by atoms with Gasteiger partial charge < -0.3 is 20.1 Å². The lowest BCUT2D eigenvalue weighted by molar-refractivity contribution is -0.137. The van der Waals surface area contributed by atoms with Crippen molar-refractivity contribution in [2.24, 2.45) is 0 Å². The van der Waals surface area contributed by atoms with Gasteiger partial charge >= 0.3 is 6.18 Å². The topological polar surface area (TPSA) is 76.7 Å². The number of nitrogens with one attached hydrogen (secondary N) is 2. The minimum absolute atomic E-state index is 0.0781. The molecule has 0 fully saturated rings. The molecule has 0 saturated carbocycles. The Labute approximate surface area is 183 Å². The standard InChI is InChI=1S/C23H23F3N2O4/c1-3-14-31-20-6-4-5-7-21(20)32-19-9-8-16(23(24,25)26)15-18(19)22(30)28-17(11-13-29)10-12-27-2/h4-13,15,27H,3,14H2,1-2H3,(H,28,30)/b12-10-,17-11+. The van der Waals surface area contributed by atoms with Gasteiger partial charge in [0, 0.05) is 18.8 Å². The van der Waals surface area contributed by atoms with E-state index in [1.165, 1.54) is 12.3 Å². The zero-order valence-electron chi connectivity index (χ0n) is 17.5. The molecule has 0 aliphatic carbocycles. The van der Waals surface area contributed by atoms with Crippen LogP contribution in [0.3, 0.4) is 0 Å². The number of halogens is 3. The monoisotopic (exact) mass is 448 g/mol. The summed E-state index contributed by atoms with van der Waals surface area (Å²) in [4.78, 5) is 23.7. The van der Waals surface area contributed by atoms with Crippen molar-refractivity contribution in [1.29, 1.82) is 0 Å². The van der Waals surface area contributed by atoms with E-state index in [9.17, 15) is 22.8 Å². The van der Waals surface area contributed by atoms with Crippen LogP contribution in [0.25, 0.3) is 0 Å². The number of rotatable bonds is 10. The molecule has 6 nitrogen and oxygen atoms in total. The number of carbonyl (C=O) groups is 2. The van der Waals surface area contributed by atoms with Crippen molar-refractivity contribution < 1.29 is 32.2 Å². The highest BCUT2D eigenvalue weighted by Crippen LogP contribution is 2.36. The Bertz CT molecular complexity index is 1000. The minimum Gasteiger partial charge on any atom is -0.490 e. The van der Waals surface area contributed by atoms with Crippen molar-refractivity contribution >= 4 is 12.2 Å². The summed E-state index contributed by atoms with van der Waals surface area (Å²) in [6.07, 6.45) is 0.417. The SMILES string of the molecule is CCCOc1ccccc1Oc1ccc(C(F)(F)F)cc1C(=O)NC(/C=C\NC)=C/C=O. The number of alkyl halides is 3. The Hall–Kier alpha value is -3.75. The first-order chi connectivity index (χ1) is 15.3. The summed E-state index contributed by atoms with van der Waals surface area (Å²) in [6.45, 7) is 2.34. The molecule has 0 saturated heterocycles. The number of amides is 1. The maximum atomic E-state index is 13.3. The number of hydrogen-bond donors (Lipinski definition) is 2. The van der Waals surface area contributed by atoms with Crippen LogP contribution >= 0.6 is 0 Å². The molecule has 0 heterocycles. The fourth-order valence-corrected chi connectivity index (χ4v) is 2.54. The van der Waals surface area contributed by atoms with E-state index in [0.717, 1.165) is 24.6 Å². The highest BCUT2D eigenvalue weighted by molar-refractivity contribution is 5.98. The summed E-state index contributed by atoms with van der Waals surface area (Å²) in [6, 6.07) is 9.22. The molecular weight excluding hydrogens is 425 g/mol. The molecule has 2 N–H and O–H groups in total. The van der Waals surface area contributed by atoms with Gasteiger partial charge in [0.1, 0.15) is 12.0 Å². The molecule has 9 heteroatoms. The zero-order chi connectivity index (χ0) is 23.6. The van der Waals surface area contributed by atoms with E-state index in [0.29, 0.717) is 24.7 Å². The molecule has 2 rings (SSSR count). The van der Waals surface area contributed by atoms with E-state index in [-0.39, 0.29) is 22.8 Å². The predicted octanol–water partition coefficient (Wildman–Crippen LogP) is 4.83. The summed E-state index contributed by atoms with van der Waals surface area (Å²) in [5, 5.41) is 5.10. The van der Waals surface area contributed by atoms with Crippen molar-refractivity contribution in [3.8, 4) is 17.2 Å². The summed E-state index contributed by atoms with van der Waals surface area (Å²) in [5.74, 6) is -0.356. The summed E-state index contributed by atoms with van der Waals surface area (Å²) in [5.41, 5.74) is -1.30. The zero-order valence-corrected chi connectivity index (χ0v) is 17.5. The highest BCUT2D eigenvalue weighted by atomic mass is 19.4. The molecule has 2 aromatic rings. The molecule has 1 amide bonds. The first-order valence-corrected chi connectivity index (χ1v) is 9.71. The Morgan fingerprint density at radius 2 is 1.81 bits per heavy atom. The second kappa shape index (κ2) is 11.6. The van der Waals surface area contributed by atoms with Crippen LogP contribution in [0.5, 0.6) is 17.2 Å². The molecule has 170 valence electrons. The van der Waals surface area contributed by atoms with Gasteiger partial charge in [0.15, 0.2) is 11.5 Å². The predicted molar refractivity (Wildman–Crippen MR) is 114 cm³/mol. The summed E-state index contributed by atoms with van der Waals surface area (Å²) in [7, 11) is 1.60. The number of ether oxygens (including phenoxy) is 2. The van der Waals surface area contributed by atoms with Crippen LogP contribution < -0.4 is 20.1 Å². The smallest absolute Gasteiger partial charge is 0.416 e. The van der Waals surface area contributed by atoms with Crippen LogP contribution in [0.1, 0.15) is 29.3 Å². The lowest BCUT2D eigenvalue weighted by Crippen LogP contribution is -2.23. The largest absolute Gasteiger partial charge is 0.490 e. The van der Waals surface area contributed by atoms with Crippen molar-refractivity contribution in [2.45, 2.75) is 19.5 Å². The van der Waals surface area contributed by atoms with Gasteiger partial charge in [0.2, 0.25) is 0 Å². The molecule has 0 spiro atoms. The Balaban J connectivity index is 2.46. The van der Waals surface area contributed by atoms with Gasteiger partial charge in [-0.3, -0.25) is 9.59 Å². The lowest BCUT2D eigenvalue weighted by atomic mass is 10.1. The lowest BCUT2D eigenvalue weighted by Gasteiger charge is -2.16. The average Bonchev–Trinajstić information content (AvgIpc) is 2.76. The minimum atomic E-state index is -4.66. The number of hydrogen-bond acceptors (Lipinski definition) is 5. The van der Waals surface area contributed by atoms with Gasteiger partial charge in [-0.25, -0.2) is 0 Å². The third-order valence-corrected chi connectivity index (χ3v) is 4.02. The van der Waals surface area contributed by atoms with Gasteiger partial charge in [-0.05, 0) is 49.0 Å². The van der Waals surface area contributed by atoms with Crippen LogP contribution in [0, 0.1) is 0 Å². The third kappa shape index (κ3) is 6.90. The van der Waals surface area contributed by atoms with E-state index < -0.39 is 17.6 Å². The van der Waals surface area contributed by atoms with Crippen molar-refractivity contribution in [2.75, 3.05) is 13.7 Å². The first-order valence-electron chi connectivity index (χ1n) is 9.71. The maximum absolute atomic E-state index is 13.3. The maximum Gasteiger partial charge on any atom is 0.416 e. The Kier molecular flexibility index (Phi) is 8.88. The number of benzene rings is 2. The normalized spacial score (nSPS) is 11.8. The third-order valence-electron chi connectivity index (χ3n) is 4.02. The van der Waals surface area contributed by atoms with Crippen LogP contribution in [0.15, 0.2) is 66.5 Å². The van der Waals surface area contributed by atoms with Crippen LogP contribution in [-0.2, 0) is 11.0 Å². The summed E-state index contributed by atoms with van der Waals surface area (Å²) >= 11 is 0. The van der Waals surface area contributed by atoms with Crippen LogP contribution in [-0.4, -0.2) is 25.8 Å². The fraction of sp³-hybridized carbons (Fsp3) is 0.217. The Morgan fingerprint density at radius 1 is 1.09 bits per heavy atom. The quantitative estimate of drug-likeness (QED) is 0.309. The molecule has 0 aliphatic heterocycles. The van der Waals surface area contributed by atoms with Crippen LogP contribution in [0.2, 0.25) is 0 Å². The second-order valence-corrected chi connectivity index (χ2v) is 6.44. The molecule has 32 heavy (non-hydrogen) atoms. The molecule has 0 unspecified atom stereocenters. The summed E-state index contributed by atoms with van der Waals surface area (Å²) < 4.78 is 51.2. The van der Waals surface area contributed by atoms with E-state index in [4.69, 9.17) is 9.47 Å². The molecule has 0 aromatic heterocycles. The van der Waals surface area contributed by atoms with E-state index in [2.05, 4.69) is 10.6 Å². The second-order valence-electron chi connectivity index (χ2n) is 6.44. The molecular formula is C23H23F3N2O4. The number of aldehydes is 1. The average molecular weight is 448 g/mol. The van der Waals surface area contributed by atoms with Crippen LogP contribution in [0.4, 0.5) is 13.2 Å². The first kappa shape index (κ1) is 24.5. The van der Waals surface area contributed by atoms with Gasteiger partial charge in [-0.15, -0.1) is 0 Å². The van der Waals surface area contributed by atoms with E-state index in [1.807, 2.05) is 6.92 Å². The molecule has 0 radical (unpaired) electrons. The van der Waals surface area contributed by atoms with Gasteiger partial charge in [0.05, 0.1) is 17.7 Å². The molecule has 2 aromatic carbocycles. The van der Waals surface area contributed by atoms with Gasteiger partial charge in [-0.2, -0.15) is 13.2 Å². The van der Waals surface area contributed by atoms with E-state index in [1.54, 1.807) is 31.3 Å². The number of allylic oxidation sites excluding steroid dienone is 2. The Morgan fingerprint density at radius 3 is 2.44 bits per heavy atom. The van der Waals surface area contributed by atoms with Gasteiger partial charge in [-0.1, -0.05) is 19.1 Å². The van der Waals surface area contributed by atoms with Gasteiger partial charge in [0.25, 0.3) is 5.91 Å². The van der Waals surface area contributed by atoms with E-state index >= 15 is 0 Å². The molecule has 0 atom stereocenters. The molecule has 0 bridgehead atoms. The highest BCUT2D eigenvalue weighted by Gasteiger charge is 2.32.